The minimum Gasteiger partial charge on any atom is -0.354 e. The second-order valence-electron chi connectivity index (χ2n) is 8.05. The Morgan fingerprint density at radius 3 is 2.48 bits per heavy atom. The number of carbonyl (C=O) groups excluding carboxylic acids is 1. The Morgan fingerprint density at radius 2 is 1.83 bits per heavy atom. The molecule has 3 fully saturated rings. The zero-order valence-corrected chi connectivity index (χ0v) is 15.4. The lowest BCUT2D eigenvalue weighted by Gasteiger charge is -2.44. The standard InChI is InChI=1S/C18H33N3OS/c1-17(19)7-3-2-6-15(17)16(22)20-14-18(8-4-5-9-18)21-10-12-23-13-11-21/h15H,2-14,19H2,1H3,(H,20,22). The number of hydrogen-bond donors (Lipinski definition) is 2. The molecule has 0 aromatic rings. The van der Waals surface area contributed by atoms with Crippen LogP contribution in [0.15, 0.2) is 0 Å². The van der Waals surface area contributed by atoms with E-state index in [0.717, 1.165) is 32.2 Å². The topological polar surface area (TPSA) is 58.4 Å². The molecule has 2 atom stereocenters. The van der Waals surface area contributed by atoms with Gasteiger partial charge in [-0.3, -0.25) is 9.69 Å². The molecule has 2 unspecified atom stereocenters. The monoisotopic (exact) mass is 339 g/mol. The Balaban J connectivity index is 1.61. The summed E-state index contributed by atoms with van der Waals surface area (Å²) in [5, 5.41) is 3.32. The summed E-state index contributed by atoms with van der Waals surface area (Å²) in [5.41, 5.74) is 6.30. The molecule has 3 aliphatic rings. The highest BCUT2D eigenvalue weighted by molar-refractivity contribution is 7.99. The molecule has 1 aliphatic heterocycles. The van der Waals surface area contributed by atoms with Crippen molar-refractivity contribution in [3.05, 3.63) is 0 Å². The van der Waals surface area contributed by atoms with Crippen LogP contribution in [0, 0.1) is 5.92 Å². The third kappa shape index (κ3) is 3.88. The van der Waals surface area contributed by atoms with Crippen LogP contribution in [-0.4, -0.2) is 53.0 Å². The van der Waals surface area contributed by atoms with Crippen molar-refractivity contribution in [1.82, 2.24) is 10.2 Å². The van der Waals surface area contributed by atoms with E-state index in [1.807, 2.05) is 0 Å². The minimum absolute atomic E-state index is 0.00776. The number of thioether (sulfide) groups is 1. The van der Waals surface area contributed by atoms with Crippen molar-refractivity contribution in [1.29, 1.82) is 0 Å². The van der Waals surface area contributed by atoms with Crippen LogP contribution in [0.2, 0.25) is 0 Å². The maximum absolute atomic E-state index is 12.8. The molecule has 0 aromatic carbocycles. The molecule has 23 heavy (non-hydrogen) atoms. The fourth-order valence-corrected chi connectivity index (χ4v) is 5.74. The third-order valence-corrected chi connectivity index (χ3v) is 7.32. The molecule has 1 amide bonds. The molecule has 132 valence electrons. The van der Waals surface area contributed by atoms with Gasteiger partial charge in [-0.2, -0.15) is 11.8 Å². The van der Waals surface area contributed by atoms with Gasteiger partial charge in [-0.1, -0.05) is 25.7 Å². The molecule has 1 saturated heterocycles. The molecule has 4 nitrogen and oxygen atoms in total. The molecular weight excluding hydrogens is 306 g/mol. The first-order chi connectivity index (χ1) is 11.0. The van der Waals surface area contributed by atoms with Crippen molar-refractivity contribution in [2.45, 2.75) is 69.4 Å². The molecule has 3 rings (SSSR count). The SMILES string of the molecule is CC1(N)CCCCC1C(=O)NCC1(N2CCSCC2)CCCC1. The van der Waals surface area contributed by atoms with E-state index < -0.39 is 0 Å². The minimum atomic E-state index is -0.326. The molecule has 1 heterocycles. The normalized spacial score (nSPS) is 35.1. The predicted molar refractivity (Wildman–Crippen MR) is 97.7 cm³/mol. The predicted octanol–water partition coefficient (Wildman–Crippen LogP) is 2.37. The highest BCUT2D eigenvalue weighted by Gasteiger charge is 2.42. The zero-order chi connectivity index (χ0) is 16.3. The van der Waals surface area contributed by atoms with Gasteiger partial charge in [-0.15, -0.1) is 0 Å². The van der Waals surface area contributed by atoms with Crippen LogP contribution in [0.5, 0.6) is 0 Å². The first kappa shape index (κ1) is 17.6. The van der Waals surface area contributed by atoms with Crippen molar-refractivity contribution in [2.24, 2.45) is 11.7 Å². The Hall–Kier alpha value is -0.260. The van der Waals surface area contributed by atoms with Crippen LogP contribution in [0.1, 0.15) is 58.3 Å². The van der Waals surface area contributed by atoms with Crippen LogP contribution < -0.4 is 11.1 Å². The first-order valence-corrected chi connectivity index (χ1v) is 10.6. The van der Waals surface area contributed by atoms with Gasteiger partial charge in [0.05, 0.1) is 5.92 Å². The number of amides is 1. The van der Waals surface area contributed by atoms with Gasteiger partial charge in [0.2, 0.25) is 5.91 Å². The van der Waals surface area contributed by atoms with Gasteiger partial charge in [0.15, 0.2) is 0 Å². The number of nitrogens with zero attached hydrogens (tertiary/aromatic N) is 1. The summed E-state index contributed by atoms with van der Waals surface area (Å²) in [5.74, 6) is 2.66. The summed E-state index contributed by atoms with van der Waals surface area (Å²) < 4.78 is 0. The van der Waals surface area contributed by atoms with Crippen LogP contribution in [0.4, 0.5) is 0 Å². The fraction of sp³-hybridized carbons (Fsp3) is 0.944. The Kier molecular flexibility index (Phi) is 5.59. The number of hydrogen-bond acceptors (Lipinski definition) is 4. The Labute approximate surface area is 145 Å². The number of rotatable bonds is 4. The highest BCUT2D eigenvalue weighted by atomic mass is 32.2. The fourth-order valence-electron chi connectivity index (χ4n) is 4.84. The molecule has 2 saturated carbocycles. The molecule has 3 N–H and O–H groups in total. The van der Waals surface area contributed by atoms with Crippen molar-refractivity contribution in [2.75, 3.05) is 31.1 Å². The third-order valence-electron chi connectivity index (χ3n) is 6.38. The first-order valence-electron chi connectivity index (χ1n) is 9.43. The van der Waals surface area contributed by atoms with Crippen LogP contribution >= 0.6 is 11.8 Å². The van der Waals surface area contributed by atoms with Gasteiger partial charge in [0, 0.05) is 42.2 Å². The zero-order valence-electron chi connectivity index (χ0n) is 14.6. The van der Waals surface area contributed by atoms with Crippen LogP contribution in [0.3, 0.4) is 0 Å². The molecular formula is C18H33N3OS. The summed E-state index contributed by atoms with van der Waals surface area (Å²) in [4.78, 5) is 15.4. The number of nitrogens with two attached hydrogens (primary N) is 1. The van der Waals surface area contributed by atoms with Gasteiger partial charge >= 0.3 is 0 Å². The second kappa shape index (κ2) is 7.32. The smallest absolute Gasteiger partial charge is 0.225 e. The van der Waals surface area contributed by atoms with Crippen molar-refractivity contribution in [3.63, 3.8) is 0 Å². The van der Waals surface area contributed by atoms with E-state index in [1.165, 1.54) is 50.3 Å². The van der Waals surface area contributed by atoms with E-state index in [-0.39, 0.29) is 22.9 Å². The van der Waals surface area contributed by atoms with Crippen LogP contribution in [-0.2, 0) is 4.79 Å². The van der Waals surface area contributed by atoms with Crippen LogP contribution in [0.25, 0.3) is 0 Å². The second-order valence-corrected chi connectivity index (χ2v) is 9.28. The summed E-state index contributed by atoms with van der Waals surface area (Å²) in [6.07, 6.45) is 9.30. The van der Waals surface area contributed by atoms with E-state index in [0.29, 0.717) is 0 Å². The van der Waals surface area contributed by atoms with Gasteiger partial charge < -0.3 is 11.1 Å². The average Bonchev–Trinajstić information content (AvgIpc) is 3.03. The lowest BCUT2D eigenvalue weighted by molar-refractivity contribution is -0.128. The van der Waals surface area contributed by atoms with Gasteiger partial charge in [0.1, 0.15) is 0 Å². The van der Waals surface area contributed by atoms with Gasteiger partial charge in [0.25, 0.3) is 0 Å². The molecule has 0 aromatic heterocycles. The average molecular weight is 340 g/mol. The van der Waals surface area contributed by atoms with E-state index in [9.17, 15) is 4.79 Å². The van der Waals surface area contributed by atoms with E-state index >= 15 is 0 Å². The van der Waals surface area contributed by atoms with E-state index in [4.69, 9.17) is 5.73 Å². The Morgan fingerprint density at radius 1 is 1.17 bits per heavy atom. The number of carbonyl (C=O) groups is 1. The van der Waals surface area contributed by atoms with Crippen molar-refractivity contribution < 1.29 is 4.79 Å². The van der Waals surface area contributed by atoms with E-state index in [1.54, 1.807) is 0 Å². The van der Waals surface area contributed by atoms with Gasteiger partial charge in [-0.25, -0.2) is 0 Å². The van der Waals surface area contributed by atoms with Crippen molar-refractivity contribution in [3.8, 4) is 0 Å². The van der Waals surface area contributed by atoms with E-state index in [2.05, 4.69) is 28.9 Å². The molecule has 0 radical (unpaired) electrons. The maximum atomic E-state index is 12.8. The van der Waals surface area contributed by atoms with Crippen molar-refractivity contribution >= 4 is 17.7 Å². The molecule has 0 bridgehead atoms. The molecule has 2 aliphatic carbocycles. The summed E-state index contributed by atoms with van der Waals surface area (Å²) >= 11 is 2.06. The molecule has 5 heteroatoms. The lowest BCUT2D eigenvalue weighted by Crippen LogP contribution is -2.59. The van der Waals surface area contributed by atoms with Gasteiger partial charge in [-0.05, 0) is 32.6 Å². The number of nitrogens with one attached hydrogen (secondary N) is 1. The summed E-state index contributed by atoms with van der Waals surface area (Å²) in [6.45, 7) is 5.24. The maximum Gasteiger partial charge on any atom is 0.225 e. The summed E-state index contributed by atoms with van der Waals surface area (Å²) in [7, 11) is 0. The quantitative estimate of drug-likeness (QED) is 0.825. The Bertz CT molecular complexity index is 414. The molecule has 0 spiro atoms. The summed E-state index contributed by atoms with van der Waals surface area (Å²) in [6, 6.07) is 0. The largest absolute Gasteiger partial charge is 0.354 e. The lowest BCUT2D eigenvalue weighted by atomic mass is 9.74. The highest BCUT2D eigenvalue weighted by Crippen LogP contribution is 2.37.